The average molecular weight is 152 g/mol. The molecule has 2 heterocycles. The van der Waals surface area contributed by atoms with E-state index in [2.05, 4.69) is 22.0 Å². The van der Waals surface area contributed by atoms with Gasteiger partial charge in [-0.05, 0) is 14.0 Å². The van der Waals surface area contributed by atoms with E-state index in [4.69, 9.17) is 0 Å². The van der Waals surface area contributed by atoms with Crippen LogP contribution in [0.4, 0.5) is 0 Å². The van der Waals surface area contributed by atoms with Crippen molar-refractivity contribution in [1.82, 2.24) is 19.7 Å². The smallest absolute Gasteiger partial charge is 0.147 e. The lowest BCUT2D eigenvalue weighted by molar-refractivity contribution is 0.254. The molecule has 1 aliphatic heterocycles. The maximum Gasteiger partial charge on any atom is 0.147 e. The molecule has 2 rings (SSSR count). The van der Waals surface area contributed by atoms with E-state index < -0.39 is 0 Å². The highest BCUT2D eigenvalue weighted by molar-refractivity contribution is 4.93. The first-order valence-corrected chi connectivity index (χ1v) is 3.84. The van der Waals surface area contributed by atoms with Gasteiger partial charge in [-0.2, -0.15) is 5.10 Å². The summed E-state index contributed by atoms with van der Waals surface area (Å²) in [5.74, 6) is 1.98. The van der Waals surface area contributed by atoms with Crippen LogP contribution in [0.15, 0.2) is 0 Å². The fourth-order valence-electron chi connectivity index (χ4n) is 1.38. The van der Waals surface area contributed by atoms with Crippen LogP contribution in [-0.2, 0) is 13.1 Å². The number of hydrogen-bond donors (Lipinski definition) is 0. The zero-order valence-electron chi connectivity index (χ0n) is 6.91. The van der Waals surface area contributed by atoms with E-state index >= 15 is 0 Å². The third-order valence-corrected chi connectivity index (χ3v) is 1.96. The highest BCUT2D eigenvalue weighted by Crippen LogP contribution is 2.06. The van der Waals surface area contributed by atoms with Gasteiger partial charge in [0, 0.05) is 6.54 Å². The molecule has 0 radical (unpaired) electrons. The van der Waals surface area contributed by atoms with Gasteiger partial charge in [-0.25, -0.2) is 9.67 Å². The minimum Gasteiger partial charge on any atom is -0.297 e. The highest BCUT2D eigenvalue weighted by atomic mass is 15.4. The Morgan fingerprint density at radius 2 is 2.18 bits per heavy atom. The van der Waals surface area contributed by atoms with Gasteiger partial charge >= 0.3 is 0 Å². The Labute approximate surface area is 65.8 Å². The molecule has 0 atom stereocenters. The van der Waals surface area contributed by atoms with Gasteiger partial charge in [0.25, 0.3) is 0 Å². The lowest BCUT2D eigenvalue weighted by Gasteiger charge is -2.21. The number of aryl methyl sites for hydroxylation is 1. The molecule has 0 amide bonds. The Balaban J connectivity index is 2.34. The second kappa shape index (κ2) is 2.30. The Morgan fingerprint density at radius 1 is 1.36 bits per heavy atom. The van der Waals surface area contributed by atoms with Crippen molar-refractivity contribution in [2.24, 2.45) is 0 Å². The number of likely N-dealkylation sites (N-methyl/N-ethyl adjacent to an activating group) is 1. The van der Waals surface area contributed by atoms with Crippen molar-refractivity contribution in [2.45, 2.75) is 20.0 Å². The fraction of sp³-hybridized carbons (Fsp3) is 0.714. The Morgan fingerprint density at radius 3 is 3.00 bits per heavy atom. The van der Waals surface area contributed by atoms with Crippen molar-refractivity contribution in [1.29, 1.82) is 0 Å². The standard InChI is InChI=1S/C7H12N4/c1-6-8-7-5-10(2)3-4-11(7)9-6/h3-5H2,1-2H3. The summed E-state index contributed by atoms with van der Waals surface area (Å²) in [6, 6.07) is 0. The molecule has 4 nitrogen and oxygen atoms in total. The van der Waals surface area contributed by atoms with Crippen LogP contribution >= 0.6 is 0 Å². The molecule has 0 fully saturated rings. The molecule has 0 saturated heterocycles. The molecule has 0 aliphatic carbocycles. The number of hydrogen-bond acceptors (Lipinski definition) is 3. The van der Waals surface area contributed by atoms with E-state index in [9.17, 15) is 0 Å². The fourth-order valence-corrected chi connectivity index (χ4v) is 1.38. The topological polar surface area (TPSA) is 34.0 Å². The second-order valence-corrected chi connectivity index (χ2v) is 3.04. The first kappa shape index (κ1) is 6.79. The molecule has 0 saturated carbocycles. The third kappa shape index (κ3) is 1.14. The van der Waals surface area contributed by atoms with Crippen LogP contribution < -0.4 is 0 Å². The van der Waals surface area contributed by atoms with Crippen LogP contribution in [0.5, 0.6) is 0 Å². The van der Waals surface area contributed by atoms with Gasteiger partial charge < -0.3 is 0 Å². The van der Waals surface area contributed by atoms with E-state index in [0.29, 0.717) is 0 Å². The van der Waals surface area contributed by atoms with Crippen LogP contribution in [0.25, 0.3) is 0 Å². The normalized spacial score (nSPS) is 18.4. The van der Waals surface area contributed by atoms with Crippen molar-refractivity contribution < 1.29 is 0 Å². The first-order chi connectivity index (χ1) is 5.25. The monoisotopic (exact) mass is 152 g/mol. The van der Waals surface area contributed by atoms with Gasteiger partial charge in [0.2, 0.25) is 0 Å². The minimum absolute atomic E-state index is 0.885. The van der Waals surface area contributed by atoms with Crippen LogP contribution in [0.3, 0.4) is 0 Å². The summed E-state index contributed by atoms with van der Waals surface area (Å²) in [5.41, 5.74) is 0. The SMILES string of the molecule is Cc1nc2n(n1)CCN(C)C2. The molecule has 1 aromatic rings. The molecule has 11 heavy (non-hydrogen) atoms. The maximum atomic E-state index is 4.31. The summed E-state index contributed by atoms with van der Waals surface area (Å²) >= 11 is 0. The molecule has 60 valence electrons. The van der Waals surface area contributed by atoms with Gasteiger partial charge in [0.15, 0.2) is 0 Å². The summed E-state index contributed by atoms with van der Waals surface area (Å²) in [5, 5.41) is 4.26. The lowest BCUT2D eigenvalue weighted by atomic mass is 10.4. The van der Waals surface area contributed by atoms with Crippen molar-refractivity contribution in [2.75, 3.05) is 13.6 Å². The quantitative estimate of drug-likeness (QED) is 0.526. The molecule has 1 aromatic heterocycles. The van der Waals surface area contributed by atoms with Crippen LogP contribution in [0.1, 0.15) is 11.6 Å². The first-order valence-electron chi connectivity index (χ1n) is 3.84. The molecular weight excluding hydrogens is 140 g/mol. The number of nitrogens with zero attached hydrogens (tertiary/aromatic N) is 4. The molecule has 0 bridgehead atoms. The van der Waals surface area contributed by atoms with Gasteiger partial charge in [-0.15, -0.1) is 0 Å². The summed E-state index contributed by atoms with van der Waals surface area (Å²) < 4.78 is 2.00. The Bertz CT molecular complexity index is 265. The second-order valence-electron chi connectivity index (χ2n) is 3.04. The van der Waals surface area contributed by atoms with E-state index in [1.807, 2.05) is 11.6 Å². The summed E-state index contributed by atoms with van der Waals surface area (Å²) in [6.45, 7) is 4.93. The number of rotatable bonds is 0. The van der Waals surface area contributed by atoms with E-state index in [-0.39, 0.29) is 0 Å². The van der Waals surface area contributed by atoms with E-state index in [1.165, 1.54) is 0 Å². The molecular formula is C7H12N4. The molecule has 4 heteroatoms. The van der Waals surface area contributed by atoms with Crippen LogP contribution in [0.2, 0.25) is 0 Å². The predicted molar refractivity (Wildman–Crippen MR) is 41.1 cm³/mol. The van der Waals surface area contributed by atoms with Gasteiger partial charge in [0.05, 0.1) is 13.1 Å². The van der Waals surface area contributed by atoms with Gasteiger partial charge in [-0.1, -0.05) is 0 Å². The van der Waals surface area contributed by atoms with Crippen molar-refractivity contribution in [3.63, 3.8) is 0 Å². The number of fused-ring (bicyclic) bond motifs is 1. The Kier molecular flexibility index (Phi) is 1.42. The lowest BCUT2D eigenvalue weighted by Crippen LogP contribution is -2.30. The molecule has 0 aromatic carbocycles. The van der Waals surface area contributed by atoms with E-state index in [1.54, 1.807) is 0 Å². The Hall–Kier alpha value is -0.900. The summed E-state index contributed by atoms with van der Waals surface area (Å²) in [6.07, 6.45) is 0. The van der Waals surface area contributed by atoms with E-state index in [0.717, 1.165) is 31.3 Å². The zero-order valence-corrected chi connectivity index (χ0v) is 6.91. The maximum absolute atomic E-state index is 4.31. The predicted octanol–water partition coefficient (Wildman–Crippen LogP) is 0.0319. The van der Waals surface area contributed by atoms with Crippen LogP contribution in [0, 0.1) is 6.92 Å². The third-order valence-electron chi connectivity index (χ3n) is 1.96. The van der Waals surface area contributed by atoms with Crippen LogP contribution in [-0.4, -0.2) is 33.3 Å². The van der Waals surface area contributed by atoms with Crippen molar-refractivity contribution in [3.8, 4) is 0 Å². The highest BCUT2D eigenvalue weighted by Gasteiger charge is 2.14. The number of aromatic nitrogens is 3. The van der Waals surface area contributed by atoms with Gasteiger partial charge in [-0.3, -0.25) is 4.90 Å². The summed E-state index contributed by atoms with van der Waals surface area (Å²) in [4.78, 5) is 6.57. The molecule has 0 N–H and O–H groups in total. The largest absolute Gasteiger partial charge is 0.297 e. The molecule has 0 spiro atoms. The summed E-state index contributed by atoms with van der Waals surface area (Å²) in [7, 11) is 2.10. The average Bonchev–Trinajstić information content (AvgIpc) is 2.27. The van der Waals surface area contributed by atoms with Crippen molar-refractivity contribution in [3.05, 3.63) is 11.6 Å². The molecule has 0 unspecified atom stereocenters. The minimum atomic E-state index is 0.885. The zero-order chi connectivity index (χ0) is 7.84. The van der Waals surface area contributed by atoms with Gasteiger partial charge in [0.1, 0.15) is 11.6 Å². The van der Waals surface area contributed by atoms with Crippen molar-refractivity contribution >= 4 is 0 Å². The molecule has 1 aliphatic rings.